The summed E-state index contributed by atoms with van der Waals surface area (Å²) in [6.45, 7) is 2.11. The number of nitrogens with one attached hydrogen (secondary N) is 2. The molecule has 0 spiro atoms. The van der Waals surface area contributed by atoms with Gasteiger partial charge in [0.05, 0.1) is 28.2 Å². The smallest absolute Gasteiger partial charge is 0.252 e. The van der Waals surface area contributed by atoms with E-state index in [1.165, 1.54) is 0 Å². The van der Waals surface area contributed by atoms with Crippen molar-refractivity contribution in [2.45, 2.75) is 44.1 Å². The Hall–Kier alpha value is -3.43. The third-order valence-corrected chi connectivity index (χ3v) is 7.44. The van der Waals surface area contributed by atoms with Crippen LogP contribution >= 0.6 is 0 Å². The summed E-state index contributed by atoms with van der Waals surface area (Å²) in [5.41, 5.74) is 4.85. The molecule has 0 unspecified atom stereocenters. The number of hydrogen-bond donors (Lipinski definition) is 5. The fourth-order valence-electron chi connectivity index (χ4n) is 5.86. The van der Waals surface area contributed by atoms with Gasteiger partial charge in [0, 0.05) is 33.6 Å². The SMILES string of the molecule is C[C@H]1O[C@H](n2c3ccccc3c3c4c(c5c6ccccc6[nH]c5c32)CNC4=O)[C@@H](O)[C@@H](O)[C@@H]1O. The Morgan fingerprint density at radius 3 is 2.50 bits per heavy atom. The molecule has 3 aromatic carbocycles. The number of carbonyl (C=O) groups is 1. The van der Waals surface area contributed by atoms with Crippen LogP contribution in [0.4, 0.5) is 0 Å². The molecular formula is C26H23N3O5. The molecule has 2 aliphatic rings. The van der Waals surface area contributed by atoms with Gasteiger partial charge in [-0.3, -0.25) is 4.79 Å². The van der Waals surface area contributed by atoms with E-state index >= 15 is 0 Å². The first kappa shape index (κ1) is 20.0. The molecule has 8 nitrogen and oxygen atoms in total. The molecule has 4 heterocycles. The maximum Gasteiger partial charge on any atom is 0.252 e. The number of nitrogens with zero attached hydrogens (tertiary/aromatic N) is 1. The zero-order chi connectivity index (χ0) is 23.3. The van der Waals surface area contributed by atoms with Crippen LogP contribution in [-0.2, 0) is 11.3 Å². The third-order valence-electron chi connectivity index (χ3n) is 7.44. The van der Waals surface area contributed by atoms with E-state index in [9.17, 15) is 20.1 Å². The molecule has 2 aromatic heterocycles. The van der Waals surface area contributed by atoms with Crippen LogP contribution in [0.2, 0.25) is 0 Å². The number of fused-ring (bicyclic) bond motifs is 10. The minimum atomic E-state index is -1.37. The number of ether oxygens (including phenoxy) is 1. The van der Waals surface area contributed by atoms with Crippen LogP contribution in [0, 0.1) is 0 Å². The average molecular weight is 457 g/mol. The number of para-hydroxylation sites is 2. The molecule has 5 aromatic rings. The van der Waals surface area contributed by atoms with Crippen molar-refractivity contribution in [2.24, 2.45) is 0 Å². The first-order valence-corrected chi connectivity index (χ1v) is 11.4. The molecule has 1 fully saturated rings. The molecule has 1 saturated heterocycles. The predicted octanol–water partition coefficient (Wildman–Crippen LogP) is 2.67. The van der Waals surface area contributed by atoms with Gasteiger partial charge in [-0.2, -0.15) is 0 Å². The fraction of sp³-hybridized carbons (Fsp3) is 0.269. The molecule has 8 heteroatoms. The quantitative estimate of drug-likeness (QED) is 0.265. The second-order valence-electron chi connectivity index (χ2n) is 9.27. The highest BCUT2D eigenvalue weighted by molar-refractivity contribution is 6.30. The van der Waals surface area contributed by atoms with Gasteiger partial charge in [0.25, 0.3) is 5.91 Å². The molecule has 34 heavy (non-hydrogen) atoms. The summed E-state index contributed by atoms with van der Waals surface area (Å²) in [5, 5.41) is 38.5. The van der Waals surface area contributed by atoms with Crippen molar-refractivity contribution >= 4 is 49.5 Å². The van der Waals surface area contributed by atoms with Crippen molar-refractivity contribution in [3.63, 3.8) is 0 Å². The molecule has 5 N–H and O–H groups in total. The molecule has 2 aliphatic heterocycles. The highest BCUT2D eigenvalue weighted by Crippen LogP contribution is 2.45. The molecule has 172 valence electrons. The first-order chi connectivity index (χ1) is 16.5. The lowest BCUT2D eigenvalue weighted by atomic mass is 9.96. The van der Waals surface area contributed by atoms with Crippen molar-refractivity contribution in [2.75, 3.05) is 0 Å². The van der Waals surface area contributed by atoms with Crippen molar-refractivity contribution in [3.8, 4) is 0 Å². The van der Waals surface area contributed by atoms with Gasteiger partial charge < -0.3 is 34.9 Å². The average Bonchev–Trinajstić information content (AvgIpc) is 3.51. The lowest BCUT2D eigenvalue weighted by Gasteiger charge is -2.40. The molecule has 0 radical (unpaired) electrons. The predicted molar refractivity (Wildman–Crippen MR) is 128 cm³/mol. The van der Waals surface area contributed by atoms with Crippen LogP contribution in [-0.4, -0.2) is 55.2 Å². The normalized spacial score (nSPS) is 27.2. The Bertz CT molecular complexity index is 1650. The number of H-pyrrole nitrogens is 1. The van der Waals surface area contributed by atoms with Crippen LogP contribution in [0.5, 0.6) is 0 Å². The number of hydrogen-bond acceptors (Lipinski definition) is 5. The second kappa shape index (κ2) is 6.80. The lowest BCUT2D eigenvalue weighted by Crippen LogP contribution is -2.54. The third kappa shape index (κ3) is 2.38. The van der Waals surface area contributed by atoms with E-state index in [1.807, 2.05) is 53.1 Å². The number of rotatable bonds is 1. The van der Waals surface area contributed by atoms with Gasteiger partial charge in [0.2, 0.25) is 0 Å². The van der Waals surface area contributed by atoms with E-state index in [2.05, 4.69) is 10.3 Å². The van der Waals surface area contributed by atoms with Crippen LogP contribution in [0.1, 0.15) is 29.1 Å². The first-order valence-electron chi connectivity index (χ1n) is 11.4. The Labute approximate surface area is 193 Å². The highest BCUT2D eigenvalue weighted by atomic mass is 16.5. The fourth-order valence-corrected chi connectivity index (χ4v) is 5.86. The minimum absolute atomic E-state index is 0.135. The number of aromatic amines is 1. The van der Waals surface area contributed by atoms with Crippen molar-refractivity contribution in [1.29, 1.82) is 0 Å². The number of benzene rings is 3. The topological polar surface area (TPSA) is 120 Å². The summed E-state index contributed by atoms with van der Waals surface area (Å²) >= 11 is 0. The summed E-state index contributed by atoms with van der Waals surface area (Å²) in [5.74, 6) is -0.135. The van der Waals surface area contributed by atoms with E-state index in [-0.39, 0.29) is 5.91 Å². The zero-order valence-corrected chi connectivity index (χ0v) is 18.3. The van der Waals surface area contributed by atoms with Gasteiger partial charge in [0.15, 0.2) is 6.23 Å². The molecular weight excluding hydrogens is 434 g/mol. The van der Waals surface area contributed by atoms with Crippen molar-refractivity contribution in [3.05, 3.63) is 59.7 Å². The van der Waals surface area contributed by atoms with E-state index in [4.69, 9.17) is 4.74 Å². The molecule has 5 atom stereocenters. The number of aliphatic hydroxyl groups is 3. The second-order valence-corrected chi connectivity index (χ2v) is 9.27. The molecule has 0 saturated carbocycles. The van der Waals surface area contributed by atoms with E-state index in [1.54, 1.807) is 6.92 Å². The van der Waals surface area contributed by atoms with Gasteiger partial charge in [-0.25, -0.2) is 0 Å². The Morgan fingerprint density at radius 2 is 1.68 bits per heavy atom. The molecule has 1 amide bonds. The van der Waals surface area contributed by atoms with Crippen LogP contribution < -0.4 is 5.32 Å². The lowest BCUT2D eigenvalue weighted by molar-refractivity contribution is -0.238. The van der Waals surface area contributed by atoms with Gasteiger partial charge in [-0.15, -0.1) is 0 Å². The zero-order valence-electron chi connectivity index (χ0n) is 18.3. The number of carbonyl (C=O) groups excluding carboxylic acids is 1. The maximum atomic E-state index is 13.1. The summed E-state index contributed by atoms with van der Waals surface area (Å²) in [6.07, 6.45) is -5.61. The van der Waals surface area contributed by atoms with E-state index in [0.29, 0.717) is 12.1 Å². The summed E-state index contributed by atoms with van der Waals surface area (Å²) < 4.78 is 7.97. The Balaban J connectivity index is 1.70. The largest absolute Gasteiger partial charge is 0.388 e. The van der Waals surface area contributed by atoms with E-state index < -0.39 is 30.6 Å². The standard InChI is InChI=1S/C26H23N3O5/c1-11-22(30)23(31)24(32)26(34-11)29-16-9-5-3-7-13(16)18-19-14(10-27-25(19)33)17-12-6-2-4-8-15(12)28-20(17)21(18)29/h2-9,11,22-24,26,28,30-32H,10H2,1H3,(H,27,33)/t11-,22-,23+,24+,26+/m1/s1. The van der Waals surface area contributed by atoms with Crippen molar-refractivity contribution in [1.82, 2.24) is 14.9 Å². The van der Waals surface area contributed by atoms with Gasteiger partial charge in [0.1, 0.15) is 18.3 Å². The molecule has 0 bridgehead atoms. The number of aromatic nitrogens is 2. The highest BCUT2D eigenvalue weighted by Gasteiger charge is 2.44. The van der Waals surface area contributed by atoms with E-state index in [0.717, 1.165) is 49.2 Å². The Kier molecular flexibility index (Phi) is 4.00. The molecule has 7 rings (SSSR count). The monoisotopic (exact) mass is 457 g/mol. The Morgan fingerprint density at radius 1 is 0.941 bits per heavy atom. The van der Waals surface area contributed by atoms with Gasteiger partial charge in [-0.05, 0) is 24.6 Å². The van der Waals surface area contributed by atoms with Gasteiger partial charge >= 0.3 is 0 Å². The number of amides is 1. The minimum Gasteiger partial charge on any atom is -0.388 e. The van der Waals surface area contributed by atoms with Crippen LogP contribution in [0.3, 0.4) is 0 Å². The van der Waals surface area contributed by atoms with Crippen LogP contribution in [0.25, 0.3) is 43.6 Å². The number of aliphatic hydroxyl groups excluding tert-OH is 3. The van der Waals surface area contributed by atoms with Crippen molar-refractivity contribution < 1.29 is 24.9 Å². The van der Waals surface area contributed by atoms with Crippen LogP contribution in [0.15, 0.2) is 48.5 Å². The maximum absolute atomic E-state index is 13.1. The van der Waals surface area contributed by atoms with Gasteiger partial charge in [-0.1, -0.05) is 36.4 Å². The summed E-state index contributed by atoms with van der Waals surface area (Å²) in [4.78, 5) is 16.7. The molecule has 0 aliphatic carbocycles. The summed E-state index contributed by atoms with van der Waals surface area (Å²) in [7, 11) is 0. The summed E-state index contributed by atoms with van der Waals surface area (Å²) in [6, 6.07) is 15.6.